The fraction of sp³-hybridized carbons (Fsp3) is 0.357. The second kappa shape index (κ2) is 10.1. The zero-order valence-corrected chi connectivity index (χ0v) is 20.4. The van der Waals surface area contributed by atoms with Crippen LogP contribution in [0.15, 0.2) is 60.7 Å². The summed E-state index contributed by atoms with van der Waals surface area (Å²) in [6.07, 6.45) is 3.51. The summed E-state index contributed by atoms with van der Waals surface area (Å²) >= 11 is 0. The molecule has 1 aliphatic rings. The van der Waals surface area contributed by atoms with Crippen LogP contribution in [-0.4, -0.2) is 38.9 Å². The highest BCUT2D eigenvalue weighted by Gasteiger charge is 2.35. The molecule has 0 amide bonds. The van der Waals surface area contributed by atoms with Crippen LogP contribution in [-0.2, 0) is 14.3 Å². The number of hydrogen-bond donors (Lipinski definition) is 1. The maximum atomic E-state index is 13.7. The van der Waals surface area contributed by atoms with Crippen LogP contribution in [0.5, 0.6) is 0 Å². The topological polar surface area (TPSA) is 73.6 Å². The molecule has 2 aromatic carbocycles. The van der Waals surface area contributed by atoms with Crippen molar-refractivity contribution in [2.45, 2.75) is 64.4 Å². The minimum absolute atomic E-state index is 0.0822. The van der Waals surface area contributed by atoms with Gasteiger partial charge in [-0.25, -0.2) is 9.07 Å². The molecule has 2 atom stereocenters. The Bertz CT molecular complexity index is 1200. The van der Waals surface area contributed by atoms with Crippen LogP contribution in [0.25, 0.3) is 23.0 Å². The first-order chi connectivity index (χ1) is 16.6. The second-order valence-corrected chi connectivity index (χ2v) is 9.55. The molecule has 6 nitrogen and oxygen atoms in total. The molecule has 3 aromatic rings. The Morgan fingerprint density at radius 3 is 2.49 bits per heavy atom. The highest BCUT2D eigenvalue weighted by atomic mass is 19.1. The molecule has 2 unspecified atom stereocenters. The molecule has 0 saturated carbocycles. The predicted octanol–water partition coefficient (Wildman–Crippen LogP) is 6.20. The van der Waals surface area contributed by atoms with Crippen molar-refractivity contribution in [2.75, 3.05) is 0 Å². The predicted molar refractivity (Wildman–Crippen MR) is 133 cm³/mol. The van der Waals surface area contributed by atoms with Gasteiger partial charge in [0.15, 0.2) is 5.79 Å². The normalized spacial score (nSPS) is 19.9. The number of benzene rings is 2. The van der Waals surface area contributed by atoms with Gasteiger partial charge in [-0.05, 0) is 56.2 Å². The van der Waals surface area contributed by atoms with Gasteiger partial charge in [-0.3, -0.25) is 4.79 Å². The summed E-state index contributed by atoms with van der Waals surface area (Å²) in [7, 11) is 0. The number of aromatic nitrogens is 2. The summed E-state index contributed by atoms with van der Waals surface area (Å²) in [5.41, 5.74) is 4.41. The summed E-state index contributed by atoms with van der Waals surface area (Å²) in [6.45, 7) is 7.75. The average Bonchev–Trinajstić information content (AvgIpc) is 3.17. The van der Waals surface area contributed by atoms with E-state index >= 15 is 0 Å². The molecule has 1 aliphatic heterocycles. The number of carbonyl (C=O) groups is 1. The van der Waals surface area contributed by atoms with E-state index in [2.05, 4.69) is 13.8 Å². The van der Waals surface area contributed by atoms with E-state index in [4.69, 9.17) is 14.6 Å². The third-order valence-corrected chi connectivity index (χ3v) is 5.88. The Labute approximate surface area is 205 Å². The summed E-state index contributed by atoms with van der Waals surface area (Å²) in [4.78, 5) is 11.3. The molecule has 1 fully saturated rings. The SMILES string of the molecule is CC(C)c1nn(-c2ccccc2)c(-c2ccc(F)cc2)c1C=CC1CC(CC(=O)O)OC(C)(C)O1. The first-order valence-corrected chi connectivity index (χ1v) is 11.8. The fourth-order valence-corrected chi connectivity index (χ4v) is 4.47. The number of carboxylic acid groups (broad SMARTS) is 1. The summed E-state index contributed by atoms with van der Waals surface area (Å²) < 4.78 is 27.5. The summed E-state index contributed by atoms with van der Waals surface area (Å²) in [6, 6.07) is 16.2. The zero-order chi connectivity index (χ0) is 25.2. The molecule has 184 valence electrons. The molecule has 2 heterocycles. The van der Waals surface area contributed by atoms with Crippen LogP contribution in [0.3, 0.4) is 0 Å². The van der Waals surface area contributed by atoms with Crippen LogP contribution >= 0.6 is 0 Å². The number of rotatable bonds is 7. The van der Waals surface area contributed by atoms with Gasteiger partial charge < -0.3 is 14.6 Å². The van der Waals surface area contributed by atoms with Gasteiger partial charge in [0, 0.05) is 17.5 Å². The van der Waals surface area contributed by atoms with Crippen molar-refractivity contribution in [1.29, 1.82) is 0 Å². The quantitative estimate of drug-likeness (QED) is 0.438. The number of para-hydroxylation sites is 1. The van der Waals surface area contributed by atoms with E-state index < -0.39 is 17.9 Å². The van der Waals surface area contributed by atoms with E-state index in [0.717, 1.165) is 28.2 Å². The lowest BCUT2D eigenvalue weighted by Gasteiger charge is -2.39. The van der Waals surface area contributed by atoms with Crippen molar-refractivity contribution in [3.05, 3.63) is 77.7 Å². The van der Waals surface area contributed by atoms with Gasteiger partial charge in [-0.15, -0.1) is 0 Å². The number of nitrogens with zero attached hydrogens (tertiary/aromatic N) is 2. The van der Waals surface area contributed by atoms with Crippen molar-refractivity contribution in [3.8, 4) is 16.9 Å². The van der Waals surface area contributed by atoms with Crippen LogP contribution in [0.4, 0.5) is 4.39 Å². The monoisotopic (exact) mass is 478 g/mol. The van der Waals surface area contributed by atoms with Crippen molar-refractivity contribution in [2.24, 2.45) is 0 Å². The molecular weight excluding hydrogens is 447 g/mol. The van der Waals surface area contributed by atoms with E-state index in [1.165, 1.54) is 12.1 Å². The molecule has 0 radical (unpaired) electrons. The fourth-order valence-electron chi connectivity index (χ4n) is 4.47. The van der Waals surface area contributed by atoms with Gasteiger partial charge in [0.25, 0.3) is 0 Å². The lowest BCUT2D eigenvalue weighted by molar-refractivity contribution is -0.290. The van der Waals surface area contributed by atoms with Gasteiger partial charge in [0.05, 0.1) is 35.7 Å². The Balaban J connectivity index is 1.80. The molecule has 7 heteroatoms. The van der Waals surface area contributed by atoms with Gasteiger partial charge in [-0.2, -0.15) is 5.10 Å². The Morgan fingerprint density at radius 2 is 1.86 bits per heavy atom. The van der Waals surface area contributed by atoms with Crippen LogP contribution in [0.1, 0.15) is 57.7 Å². The largest absolute Gasteiger partial charge is 0.481 e. The number of ether oxygens (including phenoxy) is 2. The van der Waals surface area contributed by atoms with Gasteiger partial charge in [-0.1, -0.05) is 44.2 Å². The molecule has 1 saturated heterocycles. The molecule has 0 aliphatic carbocycles. The Kier molecular flexibility index (Phi) is 7.19. The maximum absolute atomic E-state index is 13.7. The van der Waals surface area contributed by atoms with E-state index in [1.807, 2.05) is 47.2 Å². The molecule has 35 heavy (non-hydrogen) atoms. The van der Waals surface area contributed by atoms with E-state index in [9.17, 15) is 14.3 Å². The number of halogens is 1. The van der Waals surface area contributed by atoms with Crippen LogP contribution in [0.2, 0.25) is 0 Å². The molecular formula is C28H31FN2O4. The smallest absolute Gasteiger partial charge is 0.305 e. The average molecular weight is 479 g/mol. The number of aliphatic carboxylic acids is 1. The maximum Gasteiger partial charge on any atom is 0.305 e. The highest BCUT2D eigenvalue weighted by Crippen LogP contribution is 2.35. The van der Waals surface area contributed by atoms with Crippen LogP contribution in [0, 0.1) is 5.82 Å². The Hall–Kier alpha value is -3.29. The first kappa shape index (κ1) is 24.8. The zero-order valence-electron chi connectivity index (χ0n) is 20.4. The third-order valence-electron chi connectivity index (χ3n) is 5.88. The van der Waals surface area contributed by atoms with E-state index in [0.29, 0.717) is 6.42 Å². The van der Waals surface area contributed by atoms with E-state index in [1.54, 1.807) is 26.0 Å². The number of hydrogen-bond acceptors (Lipinski definition) is 4. The number of carboxylic acids is 1. The first-order valence-electron chi connectivity index (χ1n) is 11.8. The summed E-state index contributed by atoms with van der Waals surface area (Å²) in [5, 5.41) is 14.2. The Morgan fingerprint density at radius 1 is 1.17 bits per heavy atom. The minimum Gasteiger partial charge on any atom is -0.481 e. The molecule has 1 N–H and O–H groups in total. The second-order valence-electron chi connectivity index (χ2n) is 9.55. The van der Waals surface area contributed by atoms with Crippen molar-refractivity contribution in [3.63, 3.8) is 0 Å². The highest BCUT2D eigenvalue weighted by molar-refractivity contribution is 5.76. The summed E-state index contributed by atoms with van der Waals surface area (Å²) in [5.74, 6) is -1.98. The molecule has 1 aromatic heterocycles. The minimum atomic E-state index is -0.903. The molecule has 0 spiro atoms. The van der Waals surface area contributed by atoms with Crippen molar-refractivity contribution in [1.82, 2.24) is 9.78 Å². The van der Waals surface area contributed by atoms with Crippen molar-refractivity contribution >= 4 is 12.0 Å². The van der Waals surface area contributed by atoms with E-state index in [-0.39, 0.29) is 24.3 Å². The van der Waals surface area contributed by atoms with Gasteiger partial charge in [0.2, 0.25) is 0 Å². The third kappa shape index (κ3) is 5.86. The lowest BCUT2D eigenvalue weighted by atomic mass is 9.98. The lowest BCUT2D eigenvalue weighted by Crippen LogP contribution is -2.44. The molecule has 0 bridgehead atoms. The van der Waals surface area contributed by atoms with Crippen LogP contribution < -0.4 is 0 Å². The van der Waals surface area contributed by atoms with Gasteiger partial charge in [0.1, 0.15) is 5.82 Å². The molecule has 4 rings (SSSR count). The standard InChI is InChI=1S/C28H31FN2O4/c1-18(2)26-24(15-14-22-16-23(17-25(32)33)35-28(3,4)34-22)27(19-10-12-20(29)13-11-19)31(30-26)21-8-6-5-7-9-21/h5-15,18,22-23H,16-17H2,1-4H3,(H,32,33). The van der Waals surface area contributed by atoms with Crippen molar-refractivity contribution < 1.29 is 23.8 Å². The van der Waals surface area contributed by atoms with Gasteiger partial charge >= 0.3 is 5.97 Å².